The lowest BCUT2D eigenvalue weighted by Crippen LogP contribution is -2.19. The zero-order valence-electron chi connectivity index (χ0n) is 10.1. The third-order valence-electron chi connectivity index (χ3n) is 3.72. The smallest absolute Gasteiger partial charge is 0.109 e. The molecule has 0 radical (unpaired) electrons. The molecule has 4 rings (SSSR count). The molecule has 1 aromatic heterocycles. The normalized spacial score (nSPS) is 22.0. The molecule has 0 saturated heterocycles. The number of thiophene rings is 1. The molecule has 0 saturated carbocycles. The molecule has 0 aliphatic heterocycles. The Kier molecular flexibility index (Phi) is 2.30. The topological polar surface area (TPSA) is 40.5 Å². The lowest BCUT2D eigenvalue weighted by molar-refractivity contribution is 0.0471. The third kappa shape index (κ3) is 1.49. The molecule has 0 amide bonds. The van der Waals surface area contributed by atoms with Crippen molar-refractivity contribution in [1.29, 1.82) is 0 Å². The van der Waals surface area contributed by atoms with Crippen LogP contribution in [0, 0.1) is 0 Å². The fraction of sp³-hybridized carbons (Fsp3) is 0.125. The number of aliphatic hydroxyl groups excluding tert-OH is 2. The van der Waals surface area contributed by atoms with Crippen LogP contribution in [-0.2, 0) is 0 Å². The summed E-state index contributed by atoms with van der Waals surface area (Å²) >= 11 is 1.74. The molecule has 0 spiro atoms. The van der Waals surface area contributed by atoms with Crippen LogP contribution in [0.15, 0.2) is 42.5 Å². The van der Waals surface area contributed by atoms with Gasteiger partial charge >= 0.3 is 0 Å². The van der Waals surface area contributed by atoms with Crippen LogP contribution in [0.1, 0.15) is 17.2 Å². The molecule has 2 N–H and O–H groups in total. The lowest BCUT2D eigenvalue weighted by atomic mass is 9.91. The molecule has 3 heteroatoms. The van der Waals surface area contributed by atoms with E-state index in [-0.39, 0.29) is 0 Å². The van der Waals surface area contributed by atoms with E-state index in [1.54, 1.807) is 17.4 Å². The second kappa shape index (κ2) is 3.90. The van der Waals surface area contributed by atoms with Gasteiger partial charge in [0.2, 0.25) is 0 Å². The SMILES string of the molecule is O[C@H]1C=Cc2c(ccc3c2sc2ccccc23)[C@@H]1O. The van der Waals surface area contributed by atoms with Crippen LogP contribution in [0.2, 0.25) is 0 Å². The first-order valence-electron chi connectivity index (χ1n) is 6.24. The maximum absolute atomic E-state index is 10.1. The van der Waals surface area contributed by atoms with Gasteiger partial charge in [-0.1, -0.05) is 42.5 Å². The summed E-state index contributed by atoms with van der Waals surface area (Å²) in [6.07, 6.45) is 1.95. The van der Waals surface area contributed by atoms with Gasteiger partial charge in [-0.05, 0) is 17.2 Å². The maximum atomic E-state index is 10.1. The minimum Gasteiger partial charge on any atom is -0.386 e. The fourth-order valence-electron chi connectivity index (χ4n) is 2.74. The second-order valence-corrected chi connectivity index (χ2v) is 5.89. The molecule has 1 aliphatic carbocycles. The predicted octanol–water partition coefficient (Wildman–Crippen LogP) is 3.48. The summed E-state index contributed by atoms with van der Waals surface area (Å²) in [7, 11) is 0. The standard InChI is InChI=1S/C16H12O2S/c17-13-8-7-12-10(15(13)18)5-6-11-9-3-1-2-4-14(9)19-16(11)12/h1-8,13,15,17-18H/t13-,15-/m0/s1. The van der Waals surface area contributed by atoms with Crippen molar-refractivity contribution in [3.63, 3.8) is 0 Å². The number of hydrogen-bond acceptors (Lipinski definition) is 3. The van der Waals surface area contributed by atoms with Gasteiger partial charge in [-0.15, -0.1) is 11.3 Å². The predicted molar refractivity (Wildman–Crippen MR) is 79.3 cm³/mol. The lowest BCUT2D eigenvalue weighted by Gasteiger charge is -2.22. The average Bonchev–Trinajstić information content (AvgIpc) is 2.81. The largest absolute Gasteiger partial charge is 0.386 e. The van der Waals surface area contributed by atoms with Crippen LogP contribution in [0.4, 0.5) is 0 Å². The van der Waals surface area contributed by atoms with Crippen molar-refractivity contribution in [3.05, 3.63) is 53.6 Å². The number of aliphatic hydroxyl groups is 2. The Morgan fingerprint density at radius 2 is 1.79 bits per heavy atom. The molecule has 2 aromatic carbocycles. The van der Waals surface area contributed by atoms with Gasteiger partial charge in [0.05, 0.1) is 0 Å². The van der Waals surface area contributed by atoms with Crippen LogP contribution >= 0.6 is 11.3 Å². The first kappa shape index (κ1) is 11.2. The third-order valence-corrected chi connectivity index (χ3v) is 4.94. The average molecular weight is 268 g/mol. The minimum atomic E-state index is -0.824. The summed E-state index contributed by atoms with van der Waals surface area (Å²) in [4.78, 5) is 0. The molecule has 0 unspecified atom stereocenters. The van der Waals surface area contributed by atoms with Crippen LogP contribution in [-0.4, -0.2) is 16.3 Å². The summed E-state index contributed by atoms with van der Waals surface area (Å²) < 4.78 is 2.43. The van der Waals surface area contributed by atoms with Gasteiger partial charge in [-0.25, -0.2) is 0 Å². The highest BCUT2D eigenvalue weighted by atomic mass is 32.1. The van der Waals surface area contributed by atoms with Gasteiger partial charge in [0.15, 0.2) is 0 Å². The summed E-state index contributed by atoms with van der Waals surface area (Å²) in [6.45, 7) is 0. The molecule has 1 aliphatic rings. The molecule has 19 heavy (non-hydrogen) atoms. The molecule has 0 fully saturated rings. The molecule has 1 heterocycles. The number of rotatable bonds is 0. The highest BCUT2D eigenvalue weighted by Crippen LogP contribution is 2.41. The molecule has 94 valence electrons. The van der Waals surface area contributed by atoms with Crippen molar-refractivity contribution in [1.82, 2.24) is 0 Å². The van der Waals surface area contributed by atoms with Gasteiger partial charge < -0.3 is 10.2 Å². The van der Waals surface area contributed by atoms with Crippen LogP contribution in [0.3, 0.4) is 0 Å². The second-order valence-electron chi connectivity index (χ2n) is 4.84. The molecule has 3 aromatic rings. The fourth-order valence-corrected chi connectivity index (χ4v) is 3.98. The van der Waals surface area contributed by atoms with Crippen molar-refractivity contribution < 1.29 is 10.2 Å². The summed E-state index contributed by atoms with van der Waals surface area (Å²) in [5.74, 6) is 0. The van der Waals surface area contributed by atoms with Crippen molar-refractivity contribution >= 4 is 37.6 Å². The van der Waals surface area contributed by atoms with Crippen molar-refractivity contribution in [2.24, 2.45) is 0 Å². The molecule has 0 bridgehead atoms. The summed E-state index contributed by atoms with van der Waals surface area (Å²) in [6, 6.07) is 12.3. The van der Waals surface area contributed by atoms with Crippen LogP contribution < -0.4 is 0 Å². The molecule has 2 atom stereocenters. The van der Waals surface area contributed by atoms with E-state index in [0.717, 1.165) is 11.1 Å². The van der Waals surface area contributed by atoms with E-state index >= 15 is 0 Å². The van der Waals surface area contributed by atoms with Gasteiger partial charge in [0.25, 0.3) is 0 Å². The minimum absolute atomic E-state index is 0.806. The Bertz CT molecular complexity index is 816. The Morgan fingerprint density at radius 3 is 2.68 bits per heavy atom. The van der Waals surface area contributed by atoms with E-state index in [9.17, 15) is 10.2 Å². The van der Waals surface area contributed by atoms with E-state index < -0.39 is 12.2 Å². The number of benzene rings is 2. The van der Waals surface area contributed by atoms with Crippen LogP contribution in [0.25, 0.3) is 26.2 Å². The van der Waals surface area contributed by atoms with Crippen molar-refractivity contribution in [3.8, 4) is 0 Å². The summed E-state index contributed by atoms with van der Waals surface area (Å²) in [5.41, 5.74) is 1.85. The monoisotopic (exact) mass is 268 g/mol. The first-order valence-corrected chi connectivity index (χ1v) is 7.06. The van der Waals surface area contributed by atoms with E-state index in [1.165, 1.54) is 20.2 Å². The molecular formula is C16H12O2S. The summed E-state index contributed by atoms with van der Waals surface area (Å²) in [5, 5.41) is 22.2. The Morgan fingerprint density at radius 1 is 0.947 bits per heavy atom. The van der Waals surface area contributed by atoms with Crippen molar-refractivity contribution in [2.75, 3.05) is 0 Å². The quantitative estimate of drug-likeness (QED) is 0.655. The zero-order chi connectivity index (χ0) is 13.0. The van der Waals surface area contributed by atoms with Crippen molar-refractivity contribution in [2.45, 2.75) is 12.2 Å². The highest BCUT2D eigenvalue weighted by molar-refractivity contribution is 7.26. The maximum Gasteiger partial charge on any atom is 0.109 e. The van der Waals surface area contributed by atoms with Gasteiger partial charge in [0.1, 0.15) is 12.2 Å². The van der Waals surface area contributed by atoms with E-state index in [4.69, 9.17) is 0 Å². The van der Waals surface area contributed by atoms with Crippen LogP contribution in [0.5, 0.6) is 0 Å². The van der Waals surface area contributed by atoms with E-state index in [1.807, 2.05) is 30.3 Å². The Hall–Kier alpha value is -1.68. The van der Waals surface area contributed by atoms with E-state index in [0.29, 0.717) is 0 Å². The number of fused-ring (bicyclic) bond motifs is 5. The molecule has 2 nitrogen and oxygen atoms in total. The number of hydrogen-bond donors (Lipinski definition) is 2. The molecular weight excluding hydrogens is 256 g/mol. The zero-order valence-corrected chi connectivity index (χ0v) is 10.9. The Balaban J connectivity index is 2.13. The van der Waals surface area contributed by atoms with Gasteiger partial charge in [-0.2, -0.15) is 0 Å². The van der Waals surface area contributed by atoms with Gasteiger partial charge in [-0.3, -0.25) is 0 Å². The van der Waals surface area contributed by atoms with E-state index in [2.05, 4.69) is 12.1 Å². The first-order chi connectivity index (χ1) is 9.25. The Labute approximate surface area is 114 Å². The highest BCUT2D eigenvalue weighted by Gasteiger charge is 2.24. The van der Waals surface area contributed by atoms with Gasteiger partial charge in [0, 0.05) is 20.2 Å².